The Morgan fingerprint density at radius 3 is 2.83 bits per heavy atom. The molecule has 1 aliphatic rings. The molecule has 0 atom stereocenters. The summed E-state index contributed by atoms with van der Waals surface area (Å²) in [6, 6.07) is 0. The van der Waals surface area contributed by atoms with E-state index in [1.807, 2.05) is 0 Å². The monoisotopic (exact) mass is 170 g/mol. The van der Waals surface area contributed by atoms with Gasteiger partial charge in [-0.15, -0.1) is 0 Å². The molecule has 0 saturated carbocycles. The van der Waals surface area contributed by atoms with Gasteiger partial charge in [0.2, 0.25) is 0 Å². The largest absolute Gasteiger partial charge is 0.305 e. The summed E-state index contributed by atoms with van der Waals surface area (Å²) in [6.45, 7) is 5.54. The minimum atomic E-state index is 0.684. The standard InChI is InChI=1S/C9H18N2O/c1-10-4-2-5-11(8-7-10)6-3-9-12/h9H,2-8H2,1H3. The highest BCUT2D eigenvalue weighted by atomic mass is 16.1. The van der Waals surface area contributed by atoms with E-state index in [1.54, 1.807) is 0 Å². The van der Waals surface area contributed by atoms with E-state index >= 15 is 0 Å². The van der Waals surface area contributed by atoms with E-state index in [9.17, 15) is 4.79 Å². The quantitative estimate of drug-likeness (QED) is 0.566. The van der Waals surface area contributed by atoms with Gasteiger partial charge in [0.1, 0.15) is 6.29 Å². The smallest absolute Gasteiger partial charge is 0.121 e. The van der Waals surface area contributed by atoms with Crippen LogP contribution >= 0.6 is 0 Å². The Morgan fingerprint density at radius 2 is 2.08 bits per heavy atom. The number of likely N-dealkylation sites (N-methyl/N-ethyl adjacent to an activating group) is 1. The van der Waals surface area contributed by atoms with Gasteiger partial charge in [-0.05, 0) is 26.6 Å². The Kier molecular flexibility index (Phi) is 4.25. The molecule has 1 fully saturated rings. The summed E-state index contributed by atoms with van der Waals surface area (Å²) in [6.07, 6.45) is 2.92. The topological polar surface area (TPSA) is 23.6 Å². The molecule has 0 aromatic carbocycles. The first-order chi connectivity index (χ1) is 5.83. The fourth-order valence-corrected chi connectivity index (χ4v) is 1.56. The van der Waals surface area contributed by atoms with E-state index in [2.05, 4.69) is 16.8 Å². The van der Waals surface area contributed by atoms with Crippen LogP contribution in [0, 0.1) is 0 Å². The second-order valence-corrected chi connectivity index (χ2v) is 3.45. The zero-order valence-corrected chi connectivity index (χ0v) is 7.83. The maximum absolute atomic E-state index is 10.2. The lowest BCUT2D eigenvalue weighted by molar-refractivity contribution is -0.108. The van der Waals surface area contributed by atoms with Gasteiger partial charge in [0.05, 0.1) is 0 Å². The van der Waals surface area contributed by atoms with Crippen LogP contribution in [-0.4, -0.2) is 55.9 Å². The fourth-order valence-electron chi connectivity index (χ4n) is 1.56. The van der Waals surface area contributed by atoms with Crippen LogP contribution in [-0.2, 0) is 4.79 Å². The Bertz CT molecular complexity index is 138. The molecule has 0 bridgehead atoms. The van der Waals surface area contributed by atoms with Crippen molar-refractivity contribution in [3.63, 3.8) is 0 Å². The SMILES string of the molecule is CN1CCCN(CCC=O)CC1. The number of rotatable bonds is 3. The van der Waals surface area contributed by atoms with Crippen molar-refractivity contribution in [1.29, 1.82) is 0 Å². The van der Waals surface area contributed by atoms with Gasteiger partial charge < -0.3 is 14.6 Å². The van der Waals surface area contributed by atoms with E-state index in [4.69, 9.17) is 0 Å². The molecule has 3 heteroatoms. The summed E-state index contributed by atoms with van der Waals surface area (Å²) in [4.78, 5) is 14.9. The number of hydrogen-bond acceptors (Lipinski definition) is 3. The summed E-state index contributed by atoms with van der Waals surface area (Å²) in [5.41, 5.74) is 0. The molecule has 0 spiro atoms. The highest BCUT2D eigenvalue weighted by molar-refractivity contribution is 5.49. The summed E-state index contributed by atoms with van der Waals surface area (Å²) in [5, 5.41) is 0. The predicted octanol–water partition coefficient (Wildman–Crippen LogP) is 0.213. The number of carbonyl (C=O) groups excluding carboxylic acids is 1. The minimum absolute atomic E-state index is 0.684. The first-order valence-electron chi connectivity index (χ1n) is 4.67. The lowest BCUT2D eigenvalue weighted by Gasteiger charge is -2.18. The molecule has 0 amide bonds. The molecule has 1 aliphatic heterocycles. The average Bonchev–Trinajstić information content (AvgIpc) is 2.27. The van der Waals surface area contributed by atoms with Gasteiger partial charge in [0.25, 0.3) is 0 Å². The first kappa shape index (κ1) is 9.68. The van der Waals surface area contributed by atoms with E-state index in [1.165, 1.54) is 13.0 Å². The van der Waals surface area contributed by atoms with Gasteiger partial charge in [-0.1, -0.05) is 0 Å². The molecule has 0 aromatic rings. The van der Waals surface area contributed by atoms with Crippen molar-refractivity contribution in [1.82, 2.24) is 9.80 Å². The highest BCUT2D eigenvalue weighted by Gasteiger charge is 2.10. The van der Waals surface area contributed by atoms with Gasteiger partial charge in [0, 0.05) is 26.1 Å². The van der Waals surface area contributed by atoms with Crippen LogP contribution in [0.5, 0.6) is 0 Å². The van der Waals surface area contributed by atoms with Crippen molar-refractivity contribution < 1.29 is 4.79 Å². The number of hydrogen-bond donors (Lipinski definition) is 0. The molecule has 1 heterocycles. The van der Waals surface area contributed by atoms with Crippen LogP contribution in [0.15, 0.2) is 0 Å². The van der Waals surface area contributed by atoms with Crippen LogP contribution in [0.2, 0.25) is 0 Å². The average molecular weight is 170 g/mol. The van der Waals surface area contributed by atoms with Crippen LogP contribution in [0.3, 0.4) is 0 Å². The van der Waals surface area contributed by atoms with Gasteiger partial charge in [-0.25, -0.2) is 0 Å². The Morgan fingerprint density at radius 1 is 1.25 bits per heavy atom. The van der Waals surface area contributed by atoms with E-state index < -0.39 is 0 Å². The minimum Gasteiger partial charge on any atom is -0.305 e. The second kappa shape index (κ2) is 5.27. The Hall–Kier alpha value is -0.410. The summed E-state index contributed by atoms with van der Waals surface area (Å²) in [5.74, 6) is 0. The van der Waals surface area contributed by atoms with Crippen molar-refractivity contribution in [2.24, 2.45) is 0 Å². The van der Waals surface area contributed by atoms with Gasteiger partial charge in [0.15, 0.2) is 0 Å². The number of aldehydes is 1. The molecule has 70 valence electrons. The molecule has 12 heavy (non-hydrogen) atoms. The fraction of sp³-hybridized carbons (Fsp3) is 0.889. The molecule has 0 aliphatic carbocycles. The van der Waals surface area contributed by atoms with Crippen molar-refractivity contribution in [2.45, 2.75) is 12.8 Å². The van der Waals surface area contributed by atoms with Crippen molar-refractivity contribution in [3.8, 4) is 0 Å². The number of nitrogens with zero attached hydrogens (tertiary/aromatic N) is 2. The van der Waals surface area contributed by atoms with Crippen LogP contribution in [0.25, 0.3) is 0 Å². The zero-order chi connectivity index (χ0) is 8.81. The molecule has 3 nitrogen and oxygen atoms in total. The normalized spacial score (nSPS) is 22.1. The molecule has 0 aromatic heterocycles. The Balaban J connectivity index is 2.21. The molecular formula is C9H18N2O. The molecule has 0 radical (unpaired) electrons. The third kappa shape index (κ3) is 3.32. The third-order valence-corrected chi connectivity index (χ3v) is 2.38. The van der Waals surface area contributed by atoms with Crippen LogP contribution in [0.1, 0.15) is 12.8 Å². The van der Waals surface area contributed by atoms with Gasteiger partial charge in [-0.2, -0.15) is 0 Å². The Labute approximate surface area is 74.3 Å². The van der Waals surface area contributed by atoms with E-state index in [0.717, 1.165) is 32.5 Å². The lowest BCUT2D eigenvalue weighted by atomic mass is 10.3. The highest BCUT2D eigenvalue weighted by Crippen LogP contribution is 2.00. The third-order valence-electron chi connectivity index (χ3n) is 2.38. The molecule has 1 saturated heterocycles. The summed E-state index contributed by atoms with van der Waals surface area (Å²) in [7, 11) is 2.16. The van der Waals surface area contributed by atoms with Gasteiger partial charge >= 0.3 is 0 Å². The molecule has 0 N–H and O–H groups in total. The lowest BCUT2D eigenvalue weighted by Crippen LogP contribution is -2.29. The first-order valence-corrected chi connectivity index (χ1v) is 4.67. The maximum atomic E-state index is 10.2. The predicted molar refractivity (Wildman–Crippen MR) is 49.2 cm³/mol. The van der Waals surface area contributed by atoms with Gasteiger partial charge in [-0.3, -0.25) is 0 Å². The maximum Gasteiger partial charge on any atom is 0.121 e. The molecular weight excluding hydrogens is 152 g/mol. The summed E-state index contributed by atoms with van der Waals surface area (Å²) >= 11 is 0. The van der Waals surface area contributed by atoms with Crippen molar-refractivity contribution in [2.75, 3.05) is 39.8 Å². The van der Waals surface area contributed by atoms with Crippen LogP contribution in [0.4, 0.5) is 0 Å². The van der Waals surface area contributed by atoms with Crippen LogP contribution < -0.4 is 0 Å². The van der Waals surface area contributed by atoms with Crippen molar-refractivity contribution >= 4 is 6.29 Å². The second-order valence-electron chi connectivity index (χ2n) is 3.45. The molecule has 1 rings (SSSR count). The number of carbonyl (C=O) groups is 1. The van der Waals surface area contributed by atoms with E-state index in [0.29, 0.717) is 6.42 Å². The summed E-state index contributed by atoms with van der Waals surface area (Å²) < 4.78 is 0. The van der Waals surface area contributed by atoms with Crippen molar-refractivity contribution in [3.05, 3.63) is 0 Å². The molecule has 0 unspecified atom stereocenters. The zero-order valence-electron chi connectivity index (χ0n) is 7.83. The van der Waals surface area contributed by atoms with E-state index in [-0.39, 0.29) is 0 Å².